The van der Waals surface area contributed by atoms with Crippen molar-refractivity contribution in [3.63, 3.8) is 0 Å². The molecule has 0 bridgehead atoms. The van der Waals surface area contributed by atoms with E-state index >= 15 is 0 Å². The Balaban J connectivity index is 2.03. The molecule has 3 unspecified atom stereocenters. The van der Waals surface area contributed by atoms with Gasteiger partial charge < -0.3 is 15.2 Å². The zero-order chi connectivity index (χ0) is 11.5. The topological polar surface area (TPSA) is 41.5 Å². The van der Waals surface area contributed by atoms with Gasteiger partial charge in [-0.1, -0.05) is 18.2 Å². The summed E-state index contributed by atoms with van der Waals surface area (Å²) in [5, 5.41) is 12.7. The maximum Gasteiger partial charge on any atom is 0.127 e. The second kappa shape index (κ2) is 4.91. The van der Waals surface area contributed by atoms with Crippen molar-refractivity contribution in [2.24, 2.45) is 0 Å². The Kier molecular flexibility index (Phi) is 3.53. The number of halogens is 1. The Hall–Kier alpha value is -0.970. The second-order valence-corrected chi connectivity index (χ2v) is 4.12. The van der Waals surface area contributed by atoms with Crippen LogP contribution in [0.2, 0.25) is 0 Å². The van der Waals surface area contributed by atoms with Crippen LogP contribution in [0.25, 0.3) is 0 Å². The summed E-state index contributed by atoms with van der Waals surface area (Å²) >= 11 is 0. The molecular weight excluding hydrogens is 209 g/mol. The molecule has 1 heterocycles. The molecule has 0 saturated carbocycles. The van der Waals surface area contributed by atoms with Gasteiger partial charge in [-0.05, 0) is 13.0 Å². The predicted molar refractivity (Wildman–Crippen MR) is 58.6 cm³/mol. The number of hydrogen-bond donors (Lipinski definition) is 2. The number of ether oxygens (including phenoxy) is 1. The molecule has 0 aromatic heterocycles. The molecule has 1 aliphatic rings. The van der Waals surface area contributed by atoms with Crippen LogP contribution in [-0.2, 0) is 4.74 Å². The lowest BCUT2D eigenvalue weighted by Crippen LogP contribution is -2.40. The maximum atomic E-state index is 13.5. The predicted octanol–water partition coefficient (Wildman–Crippen LogP) is 1.24. The second-order valence-electron chi connectivity index (χ2n) is 4.12. The maximum absolute atomic E-state index is 13.5. The number of nitrogens with one attached hydrogen (secondary N) is 1. The zero-order valence-corrected chi connectivity index (χ0v) is 9.19. The molecule has 1 aromatic rings. The first-order chi connectivity index (χ1) is 7.68. The van der Waals surface area contributed by atoms with Crippen molar-refractivity contribution in [1.29, 1.82) is 0 Å². The van der Waals surface area contributed by atoms with Gasteiger partial charge in [0.1, 0.15) is 5.82 Å². The van der Waals surface area contributed by atoms with E-state index in [9.17, 15) is 9.50 Å². The summed E-state index contributed by atoms with van der Waals surface area (Å²) in [4.78, 5) is 0. The highest BCUT2D eigenvalue weighted by Gasteiger charge is 2.27. The average molecular weight is 225 g/mol. The summed E-state index contributed by atoms with van der Waals surface area (Å²) in [5.74, 6) is -0.226. The van der Waals surface area contributed by atoms with Crippen molar-refractivity contribution in [3.8, 4) is 0 Å². The monoisotopic (exact) mass is 225 g/mol. The van der Waals surface area contributed by atoms with Gasteiger partial charge in [0.2, 0.25) is 0 Å². The summed E-state index contributed by atoms with van der Waals surface area (Å²) in [5.41, 5.74) is 0.613. The van der Waals surface area contributed by atoms with Crippen LogP contribution in [0.1, 0.15) is 18.5 Å². The van der Waals surface area contributed by atoms with Crippen LogP contribution < -0.4 is 5.32 Å². The molecule has 0 aliphatic carbocycles. The minimum absolute atomic E-state index is 0.116. The third-order valence-corrected chi connectivity index (χ3v) is 2.89. The molecule has 1 aromatic carbocycles. The van der Waals surface area contributed by atoms with Crippen molar-refractivity contribution >= 4 is 0 Å². The molecule has 0 spiro atoms. The van der Waals surface area contributed by atoms with Crippen molar-refractivity contribution in [1.82, 2.24) is 5.32 Å². The van der Waals surface area contributed by atoms with E-state index in [4.69, 9.17) is 4.74 Å². The lowest BCUT2D eigenvalue weighted by atomic mass is 10.1. The average Bonchev–Trinajstić information content (AvgIpc) is 2.65. The van der Waals surface area contributed by atoms with Crippen LogP contribution in [0.15, 0.2) is 24.3 Å². The van der Waals surface area contributed by atoms with E-state index in [-0.39, 0.29) is 17.9 Å². The fourth-order valence-corrected chi connectivity index (χ4v) is 1.94. The van der Waals surface area contributed by atoms with Crippen LogP contribution >= 0.6 is 0 Å². The molecule has 3 nitrogen and oxygen atoms in total. The van der Waals surface area contributed by atoms with E-state index in [1.807, 2.05) is 6.92 Å². The minimum Gasteiger partial charge on any atom is -0.389 e. The van der Waals surface area contributed by atoms with Gasteiger partial charge in [0.05, 0.1) is 25.4 Å². The fourth-order valence-electron chi connectivity index (χ4n) is 1.94. The Morgan fingerprint density at radius 3 is 2.81 bits per heavy atom. The van der Waals surface area contributed by atoms with Gasteiger partial charge in [-0.2, -0.15) is 0 Å². The van der Waals surface area contributed by atoms with E-state index in [0.717, 1.165) is 0 Å². The Morgan fingerprint density at radius 2 is 2.19 bits per heavy atom. The quantitative estimate of drug-likeness (QED) is 0.813. The summed E-state index contributed by atoms with van der Waals surface area (Å²) in [6, 6.07) is 6.40. The van der Waals surface area contributed by atoms with Crippen molar-refractivity contribution < 1.29 is 14.2 Å². The number of aliphatic hydroxyl groups excluding tert-OH is 1. The van der Waals surface area contributed by atoms with Crippen molar-refractivity contribution in [2.75, 3.05) is 13.2 Å². The van der Waals surface area contributed by atoms with Gasteiger partial charge >= 0.3 is 0 Å². The summed E-state index contributed by atoms with van der Waals surface area (Å²) in [6.07, 6.45) is -0.505. The number of hydrogen-bond acceptors (Lipinski definition) is 3. The minimum atomic E-state index is -0.505. The highest BCUT2D eigenvalue weighted by Crippen LogP contribution is 2.18. The third-order valence-electron chi connectivity index (χ3n) is 2.89. The van der Waals surface area contributed by atoms with E-state index < -0.39 is 6.10 Å². The first-order valence-corrected chi connectivity index (χ1v) is 5.45. The van der Waals surface area contributed by atoms with E-state index in [1.54, 1.807) is 18.2 Å². The van der Waals surface area contributed by atoms with Crippen molar-refractivity contribution in [3.05, 3.63) is 35.6 Å². The highest BCUT2D eigenvalue weighted by molar-refractivity contribution is 5.20. The van der Waals surface area contributed by atoms with Gasteiger partial charge in [0.25, 0.3) is 0 Å². The molecule has 88 valence electrons. The molecule has 0 amide bonds. The highest BCUT2D eigenvalue weighted by atomic mass is 19.1. The van der Waals surface area contributed by atoms with Crippen LogP contribution in [-0.4, -0.2) is 30.5 Å². The zero-order valence-electron chi connectivity index (χ0n) is 9.19. The number of rotatable bonds is 3. The molecule has 1 aliphatic heterocycles. The normalized spacial score (nSPS) is 26.9. The third kappa shape index (κ3) is 2.40. The molecule has 2 N–H and O–H groups in total. The number of benzene rings is 1. The van der Waals surface area contributed by atoms with Crippen LogP contribution in [0, 0.1) is 5.82 Å². The lowest BCUT2D eigenvalue weighted by Gasteiger charge is -2.21. The largest absolute Gasteiger partial charge is 0.389 e. The van der Waals surface area contributed by atoms with Crippen LogP contribution in [0.5, 0.6) is 0 Å². The van der Waals surface area contributed by atoms with Gasteiger partial charge in [0, 0.05) is 11.6 Å². The Bertz CT molecular complexity index is 359. The van der Waals surface area contributed by atoms with Crippen molar-refractivity contribution in [2.45, 2.75) is 25.1 Å². The smallest absolute Gasteiger partial charge is 0.127 e. The molecule has 0 radical (unpaired) electrons. The SMILES string of the molecule is CC(NC1COCC1O)c1ccccc1F. The van der Waals surface area contributed by atoms with Crippen LogP contribution in [0.4, 0.5) is 4.39 Å². The fraction of sp³-hybridized carbons (Fsp3) is 0.500. The van der Waals surface area contributed by atoms with E-state index in [2.05, 4.69) is 5.32 Å². The standard InChI is InChI=1S/C12H16FNO2/c1-8(9-4-2-3-5-10(9)13)14-11-6-16-7-12(11)15/h2-5,8,11-12,14-15H,6-7H2,1H3. The summed E-state index contributed by atoms with van der Waals surface area (Å²) in [6.45, 7) is 2.70. The Morgan fingerprint density at radius 1 is 1.44 bits per heavy atom. The van der Waals surface area contributed by atoms with Gasteiger partial charge in [0.15, 0.2) is 0 Å². The van der Waals surface area contributed by atoms with Crippen LogP contribution in [0.3, 0.4) is 0 Å². The first-order valence-electron chi connectivity index (χ1n) is 5.45. The summed E-state index contributed by atoms with van der Waals surface area (Å²) < 4.78 is 18.6. The van der Waals surface area contributed by atoms with E-state index in [1.165, 1.54) is 6.07 Å². The van der Waals surface area contributed by atoms with E-state index in [0.29, 0.717) is 18.8 Å². The molecule has 1 fully saturated rings. The molecule has 16 heavy (non-hydrogen) atoms. The van der Waals surface area contributed by atoms with Gasteiger partial charge in [-0.25, -0.2) is 4.39 Å². The first kappa shape index (κ1) is 11.5. The number of aliphatic hydroxyl groups is 1. The molecule has 2 rings (SSSR count). The molecule has 3 atom stereocenters. The van der Waals surface area contributed by atoms with Gasteiger partial charge in [-0.3, -0.25) is 0 Å². The molecule has 4 heteroatoms. The summed E-state index contributed by atoms with van der Waals surface area (Å²) in [7, 11) is 0. The lowest BCUT2D eigenvalue weighted by molar-refractivity contribution is 0.121. The van der Waals surface area contributed by atoms with Gasteiger partial charge in [-0.15, -0.1) is 0 Å². The molecule has 1 saturated heterocycles. The molecular formula is C12H16FNO2. The Labute approximate surface area is 94.2 Å².